The quantitative estimate of drug-likeness (QED) is 0.683. The van der Waals surface area contributed by atoms with Crippen LogP contribution in [0, 0.1) is 0 Å². The van der Waals surface area contributed by atoms with E-state index in [0.29, 0.717) is 0 Å². The fourth-order valence-electron chi connectivity index (χ4n) is 2.16. The highest BCUT2D eigenvalue weighted by molar-refractivity contribution is 5.15. The van der Waals surface area contributed by atoms with Gasteiger partial charge < -0.3 is 14.5 Å². The molecule has 0 amide bonds. The van der Waals surface area contributed by atoms with Crippen molar-refractivity contribution < 1.29 is 9.15 Å². The van der Waals surface area contributed by atoms with Crippen molar-refractivity contribution in [3.8, 4) is 0 Å². The average Bonchev–Trinajstić information content (AvgIpc) is 2.98. The van der Waals surface area contributed by atoms with Crippen LogP contribution in [0.4, 0.5) is 0 Å². The lowest BCUT2D eigenvalue weighted by molar-refractivity contribution is 0.199. The zero-order valence-electron chi connectivity index (χ0n) is 12.7. The van der Waals surface area contributed by atoms with E-state index in [0.717, 1.165) is 57.0 Å². The van der Waals surface area contributed by atoms with Crippen LogP contribution in [0.15, 0.2) is 40.9 Å². The lowest BCUT2D eigenvalue weighted by Gasteiger charge is -2.02. The van der Waals surface area contributed by atoms with Crippen molar-refractivity contribution in [1.82, 2.24) is 10.3 Å². The molecule has 0 bridgehead atoms. The van der Waals surface area contributed by atoms with Gasteiger partial charge in [0.2, 0.25) is 0 Å². The number of ether oxygens (including phenoxy) is 1. The van der Waals surface area contributed by atoms with E-state index in [4.69, 9.17) is 9.15 Å². The molecule has 4 heteroatoms. The molecule has 0 unspecified atom stereocenters. The van der Waals surface area contributed by atoms with E-state index in [1.165, 1.54) is 5.56 Å². The molecule has 0 saturated heterocycles. The number of hydrogen-bond donors (Lipinski definition) is 1. The van der Waals surface area contributed by atoms with Crippen LogP contribution in [0.2, 0.25) is 0 Å². The van der Waals surface area contributed by atoms with Gasteiger partial charge in [0.25, 0.3) is 0 Å². The van der Waals surface area contributed by atoms with Gasteiger partial charge in [-0.2, -0.15) is 0 Å². The number of benzene rings is 1. The zero-order chi connectivity index (χ0) is 14.8. The molecule has 2 rings (SSSR count). The number of oxazole rings is 1. The number of methoxy groups -OCH3 is 1. The Balaban J connectivity index is 1.64. The highest BCUT2D eigenvalue weighted by atomic mass is 16.5. The SMILES string of the molecule is COCCNCCCc1ncc(CCc2ccccc2)o1. The molecule has 114 valence electrons. The molecule has 1 aromatic carbocycles. The van der Waals surface area contributed by atoms with Gasteiger partial charge >= 0.3 is 0 Å². The molecule has 1 aromatic heterocycles. The third-order valence-electron chi connectivity index (χ3n) is 3.33. The monoisotopic (exact) mass is 288 g/mol. The molecular weight excluding hydrogens is 264 g/mol. The Hall–Kier alpha value is -1.65. The first-order valence-corrected chi connectivity index (χ1v) is 7.55. The summed E-state index contributed by atoms with van der Waals surface area (Å²) in [6.07, 6.45) is 5.67. The summed E-state index contributed by atoms with van der Waals surface area (Å²) in [6.45, 7) is 2.61. The fourth-order valence-corrected chi connectivity index (χ4v) is 2.16. The maximum atomic E-state index is 5.77. The van der Waals surface area contributed by atoms with Crippen LogP contribution in [0.5, 0.6) is 0 Å². The predicted molar refractivity (Wildman–Crippen MR) is 83.4 cm³/mol. The van der Waals surface area contributed by atoms with Crippen molar-refractivity contribution in [2.75, 3.05) is 26.8 Å². The van der Waals surface area contributed by atoms with E-state index in [1.807, 2.05) is 12.3 Å². The zero-order valence-corrected chi connectivity index (χ0v) is 12.7. The van der Waals surface area contributed by atoms with Crippen LogP contribution in [0.25, 0.3) is 0 Å². The largest absolute Gasteiger partial charge is 0.446 e. The van der Waals surface area contributed by atoms with E-state index in [9.17, 15) is 0 Å². The van der Waals surface area contributed by atoms with Crippen molar-refractivity contribution in [2.24, 2.45) is 0 Å². The summed E-state index contributed by atoms with van der Waals surface area (Å²) in [6, 6.07) is 10.5. The molecule has 0 aliphatic rings. The van der Waals surface area contributed by atoms with Crippen LogP contribution >= 0.6 is 0 Å². The Morgan fingerprint density at radius 3 is 2.76 bits per heavy atom. The molecule has 21 heavy (non-hydrogen) atoms. The summed E-state index contributed by atoms with van der Waals surface area (Å²) >= 11 is 0. The van der Waals surface area contributed by atoms with Crippen molar-refractivity contribution in [1.29, 1.82) is 0 Å². The smallest absolute Gasteiger partial charge is 0.194 e. The van der Waals surface area contributed by atoms with Gasteiger partial charge in [0.1, 0.15) is 5.76 Å². The maximum Gasteiger partial charge on any atom is 0.194 e. The molecule has 0 atom stereocenters. The average molecular weight is 288 g/mol. The number of rotatable bonds is 10. The first-order valence-electron chi connectivity index (χ1n) is 7.55. The highest BCUT2D eigenvalue weighted by Crippen LogP contribution is 2.10. The number of nitrogens with zero attached hydrogens (tertiary/aromatic N) is 1. The second-order valence-electron chi connectivity index (χ2n) is 5.05. The van der Waals surface area contributed by atoms with E-state index < -0.39 is 0 Å². The second-order valence-corrected chi connectivity index (χ2v) is 5.05. The molecule has 0 fully saturated rings. The molecule has 1 heterocycles. The summed E-state index contributed by atoms with van der Waals surface area (Å²) in [5.41, 5.74) is 1.33. The Labute approximate surface area is 126 Å². The molecule has 0 aliphatic carbocycles. The molecule has 0 saturated carbocycles. The van der Waals surface area contributed by atoms with Gasteiger partial charge in [-0.3, -0.25) is 0 Å². The van der Waals surface area contributed by atoms with Gasteiger partial charge in [0.15, 0.2) is 5.89 Å². The molecule has 2 aromatic rings. The van der Waals surface area contributed by atoms with Gasteiger partial charge in [-0.1, -0.05) is 30.3 Å². The number of hydrogen-bond acceptors (Lipinski definition) is 4. The Kier molecular flexibility index (Phi) is 6.98. The lowest BCUT2D eigenvalue weighted by Crippen LogP contribution is -2.20. The summed E-state index contributed by atoms with van der Waals surface area (Å²) in [5, 5.41) is 3.32. The highest BCUT2D eigenvalue weighted by Gasteiger charge is 2.04. The van der Waals surface area contributed by atoms with E-state index in [2.05, 4.69) is 34.6 Å². The van der Waals surface area contributed by atoms with Gasteiger partial charge in [-0.05, 0) is 24.9 Å². The predicted octanol–water partition coefficient (Wildman–Crippen LogP) is 2.63. The number of aryl methyl sites for hydroxylation is 3. The van der Waals surface area contributed by atoms with Gasteiger partial charge in [0.05, 0.1) is 12.8 Å². The van der Waals surface area contributed by atoms with Crippen LogP contribution in [0.3, 0.4) is 0 Å². The number of aromatic nitrogens is 1. The molecular formula is C17H24N2O2. The summed E-state index contributed by atoms with van der Waals surface area (Å²) < 4.78 is 10.7. The van der Waals surface area contributed by atoms with Crippen LogP contribution in [-0.4, -0.2) is 31.8 Å². The molecule has 1 N–H and O–H groups in total. The maximum absolute atomic E-state index is 5.77. The Morgan fingerprint density at radius 1 is 1.10 bits per heavy atom. The van der Waals surface area contributed by atoms with Crippen LogP contribution in [-0.2, 0) is 24.0 Å². The topological polar surface area (TPSA) is 47.3 Å². The first-order chi connectivity index (χ1) is 10.4. The third-order valence-corrected chi connectivity index (χ3v) is 3.33. The Bertz CT molecular complexity index is 497. The van der Waals surface area contributed by atoms with E-state index >= 15 is 0 Å². The van der Waals surface area contributed by atoms with Crippen molar-refractivity contribution >= 4 is 0 Å². The number of nitrogens with one attached hydrogen (secondary N) is 1. The molecule has 0 spiro atoms. The lowest BCUT2D eigenvalue weighted by atomic mass is 10.1. The van der Waals surface area contributed by atoms with Gasteiger partial charge in [-0.25, -0.2) is 4.98 Å². The first kappa shape index (κ1) is 15.7. The summed E-state index contributed by atoms with van der Waals surface area (Å²) in [4.78, 5) is 4.34. The summed E-state index contributed by atoms with van der Waals surface area (Å²) in [5.74, 6) is 1.81. The van der Waals surface area contributed by atoms with E-state index in [-0.39, 0.29) is 0 Å². The summed E-state index contributed by atoms with van der Waals surface area (Å²) in [7, 11) is 1.71. The molecule has 0 aliphatic heterocycles. The molecule has 0 radical (unpaired) electrons. The normalized spacial score (nSPS) is 10.9. The van der Waals surface area contributed by atoms with Crippen molar-refractivity contribution in [2.45, 2.75) is 25.7 Å². The third kappa shape index (κ3) is 6.10. The Morgan fingerprint density at radius 2 is 1.95 bits per heavy atom. The fraction of sp³-hybridized carbons (Fsp3) is 0.471. The van der Waals surface area contributed by atoms with Crippen LogP contribution < -0.4 is 5.32 Å². The van der Waals surface area contributed by atoms with Gasteiger partial charge in [-0.15, -0.1) is 0 Å². The van der Waals surface area contributed by atoms with E-state index in [1.54, 1.807) is 7.11 Å². The van der Waals surface area contributed by atoms with Crippen LogP contribution in [0.1, 0.15) is 23.6 Å². The minimum absolute atomic E-state index is 0.753. The van der Waals surface area contributed by atoms with Gasteiger partial charge in [0, 0.05) is 26.5 Å². The van der Waals surface area contributed by atoms with Crippen molar-refractivity contribution in [3.05, 3.63) is 53.7 Å². The van der Waals surface area contributed by atoms with Crippen molar-refractivity contribution in [3.63, 3.8) is 0 Å². The minimum Gasteiger partial charge on any atom is -0.446 e. The molecule has 4 nitrogen and oxygen atoms in total. The minimum atomic E-state index is 0.753. The standard InChI is InChI=1S/C17H24N2O2/c1-20-13-12-18-11-5-8-17-19-14-16(21-17)10-9-15-6-3-2-4-7-15/h2-4,6-7,14,18H,5,8-13H2,1H3. The second kappa shape index (κ2) is 9.32.